The van der Waals surface area contributed by atoms with Gasteiger partial charge in [-0.1, -0.05) is 56.8 Å². The number of ketones is 1. The van der Waals surface area contributed by atoms with Gasteiger partial charge in [0.2, 0.25) is 0 Å². The molecule has 1 aromatic heterocycles. The number of aromatic nitrogens is 3. The number of nitrogens with zero attached hydrogens (tertiary/aromatic N) is 3. The summed E-state index contributed by atoms with van der Waals surface area (Å²) in [4.78, 5) is 12.7. The largest absolute Gasteiger partial charge is 0.497 e. The zero-order valence-electron chi connectivity index (χ0n) is 17.8. The van der Waals surface area contributed by atoms with Gasteiger partial charge >= 0.3 is 0 Å². The Morgan fingerprint density at radius 3 is 2.21 bits per heavy atom. The Morgan fingerprint density at radius 2 is 1.66 bits per heavy atom. The van der Waals surface area contributed by atoms with Crippen LogP contribution >= 0.6 is 11.8 Å². The molecule has 0 saturated carbocycles. The Balaban J connectivity index is 1.75. The van der Waals surface area contributed by atoms with Crippen molar-refractivity contribution in [1.29, 1.82) is 0 Å². The highest BCUT2D eigenvalue weighted by molar-refractivity contribution is 8.00. The normalized spacial score (nSPS) is 12.6. The zero-order chi connectivity index (χ0) is 21.2. The third-order valence-electron chi connectivity index (χ3n) is 4.87. The van der Waals surface area contributed by atoms with Crippen molar-refractivity contribution in [2.45, 2.75) is 43.5 Å². The van der Waals surface area contributed by atoms with E-state index in [2.05, 4.69) is 55.2 Å². The average Bonchev–Trinajstić information content (AvgIpc) is 3.07. The van der Waals surface area contributed by atoms with Gasteiger partial charge in [0, 0.05) is 18.2 Å². The van der Waals surface area contributed by atoms with Crippen LogP contribution in [0.5, 0.6) is 5.75 Å². The van der Waals surface area contributed by atoms with Gasteiger partial charge in [0.1, 0.15) is 5.75 Å². The second-order valence-corrected chi connectivity index (χ2v) is 9.35. The minimum atomic E-state index is -0.276. The van der Waals surface area contributed by atoms with E-state index in [1.807, 2.05) is 18.5 Å². The van der Waals surface area contributed by atoms with Crippen LogP contribution in [-0.2, 0) is 12.5 Å². The molecule has 2 aromatic carbocycles. The third-order valence-corrected chi connectivity index (χ3v) is 6.00. The average molecular weight is 410 g/mol. The summed E-state index contributed by atoms with van der Waals surface area (Å²) < 4.78 is 7.09. The third kappa shape index (κ3) is 4.70. The molecule has 1 heterocycles. The van der Waals surface area contributed by atoms with Crippen molar-refractivity contribution < 1.29 is 9.53 Å². The number of ether oxygens (including phenoxy) is 1. The van der Waals surface area contributed by atoms with E-state index in [1.54, 1.807) is 31.4 Å². The van der Waals surface area contributed by atoms with Gasteiger partial charge in [-0.15, -0.1) is 10.2 Å². The fourth-order valence-electron chi connectivity index (χ4n) is 2.99. The van der Waals surface area contributed by atoms with E-state index in [0.29, 0.717) is 10.7 Å². The summed E-state index contributed by atoms with van der Waals surface area (Å²) in [5.74, 6) is 1.58. The predicted molar refractivity (Wildman–Crippen MR) is 118 cm³/mol. The van der Waals surface area contributed by atoms with Crippen LogP contribution in [0.15, 0.2) is 53.7 Å². The quantitative estimate of drug-likeness (QED) is 0.416. The number of benzene rings is 2. The van der Waals surface area contributed by atoms with Crippen molar-refractivity contribution in [2.75, 3.05) is 7.11 Å². The molecular weight excluding hydrogens is 382 g/mol. The van der Waals surface area contributed by atoms with Crippen molar-refractivity contribution in [2.24, 2.45) is 7.05 Å². The molecule has 6 heteroatoms. The summed E-state index contributed by atoms with van der Waals surface area (Å²) in [7, 11) is 3.54. The van der Waals surface area contributed by atoms with E-state index in [4.69, 9.17) is 4.74 Å². The van der Waals surface area contributed by atoms with Crippen molar-refractivity contribution in [3.05, 3.63) is 59.7 Å². The summed E-state index contributed by atoms with van der Waals surface area (Å²) in [6, 6.07) is 15.6. The first-order chi connectivity index (χ1) is 13.7. The van der Waals surface area contributed by atoms with Crippen LogP contribution in [0.4, 0.5) is 0 Å². The Labute approximate surface area is 176 Å². The molecule has 0 unspecified atom stereocenters. The molecule has 0 aliphatic rings. The lowest BCUT2D eigenvalue weighted by atomic mass is 9.87. The van der Waals surface area contributed by atoms with Crippen LogP contribution < -0.4 is 4.74 Å². The standard InChI is InChI=1S/C23H27N3O2S/c1-15(20(27)16-9-13-19(28-6)14-10-16)29-22-25-24-21(26(22)5)17-7-11-18(12-8-17)23(2,3)4/h7-15H,1-6H3/t15-/m0/s1. The Kier molecular flexibility index (Phi) is 6.13. The van der Waals surface area contributed by atoms with E-state index in [9.17, 15) is 4.79 Å². The summed E-state index contributed by atoms with van der Waals surface area (Å²) in [5.41, 5.74) is 3.05. The molecule has 0 amide bonds. The second kappa shape index (κ2) is 8.41. The maximum absolute atomic E-state index is 12.7. The number of carbonyl (C=O) groups excluding carboxylic acids is 1. The minimum Gasteiger partial charge on any atom is -0.497 e. The van der Waals surface area contributed by atoms with Crippen molar-refractivity contribution >= 4 is 17.5 Å². The smallest absolute Gasteiger partial charge is 0.191 e. The topological polar surface area (TPSA) is 57.0 Å². The molecule has 0 saturated heterocycles. The highest BCUT2D eigenvalue weighted by atomic mass is 32.2. The lowest BCUT2D eigenvalue weighted by molar-refractivity contribution is 0.0994. The van der Waals surface area contributed by atoms with Crippen LogP contribution in [0.1, 0.15) is 43.6 Å². The zero-order valence-corrected chi connectivity index (χ0v) is 18.6. The van der Waals surface area contributed by atoms with E-state index < -0.39 is 0 Å². The first-order valence-electron chi connectivity index (χ1n) is 9.56. The lowest BCUT2D eigenvalue weighted by Gasteiger charge is -2.19. The summed E-state index contributed by atoms with van der Waals surface area (Å²) in [6.07, 6.45) is 0. The fraction of sp³-hybridized carbons (Fsp3) is 0.348. The molecule has 0 aliphatic carbocycles. The highest BCUT2D eigenvalue weighted by Gasteiger charge is 2.21. The molecule has 1 atom stereocenters. The van der Waals surface area contributed by atoms with E-state index in [0.717, 1.165) is 17.1 Å². The number of thioether (sulfide) groups is 1. The van der Waals surface area contributed by atoms with Crippen LogP contribution in [0.25, 0.3) is 11.4 Å². The van der Waals surface area contributed by atoms with Crippen LogP contribution in [-0.4, -0.2) is 32.9 Å². The molecule has 5 nitrogen and oxygen atoms in total. The van der Waals surface area contributed by atoms with Gasteiger partial charge in [0.05, 0.1) is 12.4 Å². The first kappa shape index (κ1) is 21.1. The van der Waals surface area contributed by atoms with E-state index >= 15 is 0 Å². The molecule has 0 N–H and O–H groups in total. The Hall–Kier alpha value is -2.60. The lowest BCUT2D eigenvalue weighted by Crippen LogP contribution is -2.14. The van der Waals surface area contributed by atoms with Crippen molar-refractivity contribution in [3.8, 4) is 17.1 Å². The number of carbonyl (C=O) groups is 1. The molecule has 29 heavy (non-hydrogen) atoms. The van der Waals surface area contributed by atoms with Crippen LogP contribution in [0, 0.1) is 0 Å². The van der Waals surface area contributed by atoms with Gasteiger partial charge in [-0.3, -0.25) is 4.79 Å². The van der Waals surface area contributed by atoms with Gasteiger partial charge in [-0.05, 0) is 42.2 Å². The molecule has 0 fully saturated rings. The Morgan fingerprint density at radius 1 is 1.03 bits per heavy atom. The molecule has 0 aliphatic heterocycles. The van der Waals surface area contributed by atoms with E-state index in [-0.39, 0.29) is 16.4 Å². The number of hydrogen-bond acceptors (Lipinski definition) is 5. The molecule has 0 spiro atoms. The maximum atomic E-state index is 12.7. The number of Topliss-reactive ketones (excluding diaryl/α,β-unsaturated/α-hetero) is 1. The summed E-state index contributed by atoms with van der Waals surface area (Å²) >= 11 is 1.41. The molecule has 3 aromatic rings. The van der Waals surface area contributed by atoms with Gasteiger partial charge in [0.25, 0.3) is 0 Å². The van der Waals surface area contributed by atoms with Gasteiger partial charge in [-0.25, -0.2) is 0 Å². The molecule has 152 valence electrons. The molecule has 3 rings (SSSR count). The fourth-order valence-corrected chi connectivity index (χ4v) is 3.88. The van der Waals surface area contributed by atoms with Crippen molar-refractivity contribution in [1.82, 2.24) is 14.8 Å². The SMILES string of the molecule is COc1ccc(C(=O)[C@H](C)Sc2nnc(-c3ccc(C(C)(C)C)cc3)n2C)cc1. The van der Waals surface area contributed by atoms with Crippen LogP contribution in [0.3, 0.4) is 0 Å². The second-order valence-electron chi connectivity index (χ2n) is 8.05. The predicted octanol–water partition coefficient (Wildman–Crippen LogP) is 5.15. The van der Waals surface area contributed by atoms with Crippen LogP contribution in [0.2, 0.25) is 0 Å². The monoisotopic (exact) mass is 409 g/mol. The number of rotatable bonds is 6. The van der Waals surface area contributed by atoms with E-state index in [1.165, 1.54) is 17.3 Å². The highest BCUT2D eigenvalue weighted by Crippen LogP contribution is 2.29. The molecular formula is C23H27N3O2S. The molecule has 0 radical (unpaired) electrons. The number of hydrogen-bond donors (Lipinski definition) is 0. The molecule has 0 bridgehead atoms. The maximum Gasteiger partial charge on any atom is 0.191 e. The van der Waals surface area contributed by atoms with Gasteiger partial charge < -0.3 is 9.30 Å². The van der Waals surface area contributed by atoms with Gasteiger partial charge in [0.15, 0.2) is 16.8 Å². The van der Waals surface area contributed by atoms with Gasteiger partial charge in [-0.2, -0.15) is 0 Å². The Bertz CT molecular complexity index is 986. The summed E-state index contributed by atoms with van der Waals surface area (Å²) in [5, 5.41) is 9.10. The minimum absolute atomic E-state index is 0.0525. The van der Waals surface area contributed by atoms with Crippen molar-refractivity contribution in [3.63, 3.8) is 0 Å². The number of methoxy groups -OCH3 is 1. The first-order valence-corrected chi connectivity index (χ1v) is 10.4. The summed E-state index contributed by atoms with van der Waals surface area (Å²) in [6.45, 7) is 8.48.